The molecule has 0 aliphatic rings. The van der Waals surface area contributed by atoms with Crippen LogP contribution in [0.4, 0.5) is 0 Å². The third-order valence-electron chi connectivity index (χ3n) is 0.550. The van der Waals surface area contributed by atoms with E-state index in [1.807, 2.05) is 0 Å². The highest BCUT2D eigenvalue weighted by Crippen LogP contribution is 1.73. The summed E-state index contributed by atoms with van der Waals surface area (Å²) in [6, 6.07) is 0. The van der Waals surface area contributed by atoms with Crippen LogP contribution in [0, 0.1) is 0 Å². The molecule has 0 unspecified atom stereocenters. The molecule has 0 fully saturated rings. The Morgan fingerprint density at radius 3 is 2.89 bits per heavy atom. The summed E-state index contributed by atoms with van der Waals surface area (Å²) < 4.78 is 4.48. The molecule has 0 aromatic rings. The van der Waals surface area contributed by atoms with Gasteiger partial charge in [-0.1, -0.05) is 5.16 Å². The summed E-state index contributed by atoms with van der Waals surface area (Å²) in [4.78, 5) is 14.6. The molecule has 0 rings (SSSR count). The van der Waals surface area contributed by atoms with E-state index in [0.29, 0.717) is 6.61 Å². The summed E-state index contributed by atoms with van der Waals surface area (Å²) in [6.07, 6.45) is 0.976. The molecule has 0 saturated heterocycles. The molecule has 0 bridgehead atoms. The topological polar surface area (TPSA) is 47.9 Å². The second-order valence-corrected chi connectivity index (χ2v) is 1.17. The number of carbonyl (C=O) groups excluding carboxylic acids is 1. The van der Waals surface area contributed by atoms with Gasteiger partial charge in [-0.05, 0) is 6.92 Å². The van der Waals surface area contributed by atoms with E-state index in [0.717, 1.165) is 6.21 Å². The fourth-order valence-corrected chi connectivity index (χ4v) is 0.275. The summed E-state index contributed by atoms with van der Waals surface area (Å²) in [5.41, 5.74) is 0. The van der Waals surface area contributed by atoms with Gasteiger partial charge in [0.15, 0.2) is 6.21 Å². The number of carbonyl (C=O) groups is 1. The minimum atomic E-state index is -0.487. The van der Waals surface area contributed by atoms with E-state index in [2.05, 4.69) is 14.7 Å². The Morgan fingerprint density at radius 2 is 2.44 bits per heavy atom. The molecular weight excluding hydrogens is 122 g/mol. The predicted octanol–water partition coefficient (Wildman–Crippen LogP) is 0.182. The number of esters is 1. The Kier molecular flexibility index (Phi) is 4.49. The van der Waals surface area contributed by atoms with E-state index >= 15 is 0 Å². The first-order valence-electron chi connectivity index (χ1n) is 2.54. The first-order chi connectivity index (χ1) is 4.31. The average Bonchev–Trinajstić information content (AvgIpc) is 1.85. The Morgan fingerprint density at radius 1 is 1.78 bits per heavy atom. The van der Waals surface area contributed by atoms with E-state index < -0.39 is 5.97 Å². The molecule has 4 nitrogen and oxygen atoms in total. The fourth-order valence-electron chi connectivity index (χ4n) is 0.275. The van der Waals surface area contributed by atoms with Crippen molar-refractivity contribution >= 4 is 12.2 Å². The molecule has 0 spiro atoms. The van der Waals surface area contributed by atoms with Gasteiger partial charge in [-0.15, -0.1) is 0 Å². The number of hydrogen-bond acceptors (Lipinski definition) is 4. The van der Waals surface area contributed by atoms with Crippen molar-refractivity contribution in [1.82, 2.24) is 0 Å². The molecule has 0 amide bonds. The lowest BCUT2D eigenvalue weighted by molar-refractivity contribution is -0.134. The third kappa shape index (κ3) is 4.80. The zero-order chi connectivity index (χ0) is 7.11. The van der Waals surface area contributed by atoms with Crippen molar-refractivity contribution in [3.63, 3.8) is 0 Å². The molecule has 0 aromatic carbocycles. The summed E-state index contributed by atoms with van der Waals surface area (Å²) in [5.74, 6) is -0.487. The van der Waals surface area contributed by atoms with Gasteiger partial charge < -0.3 is 9.57 Å². The van der Waals surface area contributed by atoms with Crippen LogP contribution in [0.1, 0.15) is 6.92 Å². The Bertz CT molecular complexity index is 111. The van der Waals surface area contributed by atoms with E-state index in [1.165, 1.54) is 7.11 Å². The van der Waals surface area contributed by atoms with Gasteiger partial charge in [-0.2, -0.15) is 0 Å². The summed E-state index contributed by atoms with van der Waals surface area (Å²) in [7, 11) is 1.36. The lowest BCUT2D eigenvalue weighted by Crippen LogP contribution is -2.04. The molecular formula is C5H9NO3. The largest absolute Gasteiger partial charge is 0.462 e. The smallest absolute Gasteiger partial charge is 0.352 e. The molecule has 0 aromatic heterocycles. The molecule has 9 heavy (non-hydrogen) atoms. The first-order valence-corrected chi connectivity index (χ1v) is 2.54. The van der Waals surface area contributed by atoms with E-state index in [1.54, 1.807) is 6.92 Å². The van der Waals surface area contributed by atoms with Crippen molar-refractivity contribution in [3.05, 3.63) is 0 Å². The van der Waals surface area contributed by atoms with Gasteiger partial charge in [-0.25, -0.2) is 4.79 Å². The zero-order valence-electron chi connectivity index (χ0n) is 5.46. The van der Waals surface area contributed by atoms with Crippen LogP contribution in [0.2, 0.25) is 0 Å². The van der Waals surface area contributed by atoms with Crippen LogP contribution in [-0.2, 0) is 14.4 Å². The molecule has 4 heteroatoms. The normalized spacial score (nSPS) is 9.56. The molecule has 0 aliphatic carbocycles. The second-order valence-electron chi connectivity index (χ2n) is 1.17. The highest BCUT2D eigenvalue weighted by molar-refractivity contribution is 6.22. The molecule has 0 N–H and O–H groups in total. The Labute approximate surface area is 53.4 Å². The minimum Gasteiger partial charge on any atom is -0.462 e. The van der Waals surface area contributed by atoms with Crippen molar-refractivity contribution in [2.45, 2.75) is 6.92 Å². The SMILES string of the molecule is CCOC(=O)/C=N/OC. The zero-order valence-corrected chi connectivity index (χ0v) is 5.46. The maximum Gasteiger partial charge on any atom is 0.352 e. The van der Waals surface area contributed by atoms with E-state index in [9.17, 15) is 4.79 Å². The lowest BCUT2D eigenvalue weighted by Gasteiger charge is -1.91. The number of rotatable bonds is 3. The molecule has 0 radical (unpaired) electrons. The van der Waals surface area contributed by atoms with Crippen molar-refractivity contribution in [3.8, 4) is 0 Å². The maximum atomic E-state index is 10.4. The van der Waals surface area contributed by atoms with Gasteiger partial charge in [-0.3, -0.25) is 0 Å². The second kappa shape index (κ2) is 5.08. The third-order valence-corrected chi connectivity index (χ3v) is 0.550. The average molecular weight is 131 g/mol. The number of hydrogen-bond donors (Lipinski definition) is 0. The van der Waals surface area contributed by atoms with Crippen molar-refractivity contribution < 1.29 is 14.4 Å². The predicted molar refractivity (Wildman–Crippen MR) is 32.1 cm³/mol. The van der Waals surface area contributed by atoms with Gasteiger partial charge in [0.05, 0.1) is 6.61 Å². The number of nitrogens with zero attached hydrogens (tertiary/aromatic N) is 1. The van der Waals surface area contributed by atoms with Crippen LogP contribution in [0.15, 0.2) is 5.16 Å². The van der Waals surface area contributed by atoms with Gasteiger partial charge in [0.1, 0.15) is 7.11 Å². The fraction of sp³-hybridized carbons (Fsp3) is 0.600. The Hall–Kier alpha value is -1.06. The standard InChI is InChI=1S/C5H9NO3/c1-3-9-5(7)4-6-8-2/h4H,3H2,1-2H3/b6-4+. The maximum absolute atomic E-state index is 10.4. The molecule has 0 saturated carbocycles. The number of ether oxygens (including phenoxy) is 1. The van der Waals surface area contributed by atoms with Crippen LogP contribution >= 0.6 is 0 Å². The van der Waals surface area contributed by atoms with Crippen LogP contribution in [0.5, 0.6) is 0 Å². The monoisotopic (exact) mass is 131 g/mol. The van der Waals surface area contributed by atoms with Gasteiger partial charge >= 0.3 is 5.97 Å². The first kappa shape index (κ1) is 7.94. The van der Waals surface area contributed by atoms with Gasteiger partial charge in [0, 0.05) is 0 Å². The van der Waals surface area contributed by atoms with Crippen LogP contribution < -0.4 is 0 Å². The van der Waals surface area contributed by atoms with Crippen LogP contribution in [-0.4, -0.2) is 25.9 Å². The Balaban J connectivity index is 3.37. The van der Waals surface area contributed by atoms with E-state index in [4.69, 9.17) is 0 Å². The summed E-state index contributed by atoms with van der Waals surface area (Å²) in [5, 5.41) is 3.19. The van der Waals surface area contributed by atoms with Gasteiger partial charge in [0.25, 0.3) is 0 Å². The lowest BCUT2D eigenvalue weighted by atomic mass is 10.7. The highest BCUT2D eigenvalue weighted by Gasteiger charge is 1.92. The molecule has 52 valence electrons. The summed E-state index contributed by atoms with van der Waals surface area (Å²) in [6.45, 7) is 2.08. The molecule has 0 aliphatic heterocycles. The van der Waals surface area contributed by atoms with Crippen molar-refractivity contribution in [1.29, 1.82) is 0 Å². The summed E-state index contributed by atoms with van der Waals surface area (Å²) >= 11 is 0. The van der Waals surface area contributed by atoms with E-state index in [-0.39, 0.29) is 0 Å². The number of oxime groups is 1. The van der Waals surface area contributed by atoms with Gasteiger partial charge in [0.2, 0.25) is 0 Å². The molecule has 0 atom stereocenters. The quantitative estimate of drug-likeness (QED) is 0.312. The van der Waals surface area contributed by atoms with Crippen molar-refractivity contribution in [2.75, 3.05) is 13.7 Å². The highest BCUT2D eigenvalue weighted by atomic mass is 16.6. The molecule has 0 heterocycles. The minimum absolute atomic E-state index is 0.356. The van der Waals surface area contributed by atoms with Crippen LogP contribution in [0.3, 0.4) is 0 Å². The van der Waals surface area contributed by atoms with Crippen LogP contribution in [0.25, 0.3) is 0 Å². The van der Waals surface area contributed by atoms with Crippen molar-refractivity contribution in [2.24, 2.45) is 5.16 Å².